The summed E-state index contributed by atoms with van der Waals surface area (Å²) in [6.07, 6.45) is 1.46. The van der Waals surface area contributed by atoms with Crippen molar-refractivity contribution in [2.45, 2.75) is 72.5 Å². The molecule has 6 heteroatoms. The summed E-state index contributed by atoms with van der Waals surface area (Å²) in [5, 5.41) is 5.48. The Morgan fingerprint density at radius 1 is 1.09 bits per heavy atom. The molecule has 2 N–H and O–H groups in total. The first kappa shape index (κ1) is 18.5. The number of likely N-dealkylation sites (tertiary alicyclic amines) is 1. The number of rotatable bonds is 4. The van der Waals surface area contributed by atoms with Crippen LogP contribution in [0.1, 0.15) is 54.4 Å². The Morgan fingerprint density at radius 3 is 2.18 bits per heavy atom. The largest absolute Gasteiger partial charge is 0.352 e. The lowest BCUT2D eigenvalue weighted by atomic mass is 9.94. The number of hydrogen-bond donors (Lipinski definition) is 2. The molecule has 0 bridgehead atoms. The van der Waals surface area contributed by atoms with Crippen LogP contribution in [-0.2, 0) is 14.4 Å². The SMILES string of the molecule is CC(C)NC(=O)[C@H](C)NC(=O)[C@@H]1CCCN1C(=O)C(C)(C)C. The Bertz CT molecular complexity index is 440. The molecule has 1 saturated heterocycles. The van der Waals surface area contributed by atoms with Gasteiger partial charge in [-0.15, -0.1) is 0 Å². The Hall–Kier alpha value is -1.59. The van der Waals surface area contributed by atoms with Crippen LogP contribution in [0, 0.1) is 5.41 Å². The lowest BCUT2D eigenvalue weighted by Crippen LogP contribution is -2.54. The smallest absolute Gasteiger partial charge is 0.243 e. The summed E-state index contributed by atoms with van der Waals surface area (Å²) in [4.78, 5) is 38.3. The number of carbonyl (C=O) groups is 3. The summed E-state index contributed by atoms with van der Waals surface area (Å²) in [6.45, 7) is 11.5. The third kappa shape index (κ3) is 4.71. The van der Waals surface area contributed by atoms with Gasteiger partial charge in [0, 0.05) is 18.0 Å². The fraction of sp³-hybridized carbons (Fsp3) is 0.812. The standard InChI is InChI=1S/C16H29N3O3/c1-10(2)17-13(20)11(3)18-14(21)12-8-7-9-19(12)15(22)16(4,5)6/h10-12H,7-9H2,1-6H3,(H,17,20)(H,18,21)/t11-,12-/m0/s1. The molecule has 1 aliphatic rings. The highest BCUT2D eigenvalue weighted by Crippen LogP contribution is 2.25. The zero-order chi connectivity index (χ0) is 17.1. The molecule has 0 radical (unpaired) electrons. The molecule has 1 heterocycles. The average Bonchev–Trinajstić information content (AvgIpc) is 2.84. The van der Waals surface area contributed by atoms with Gasteiger partial charge >= 0.3 is 0 Å². The third-order valence-corrected chi connectivity index (χ3v) is 3.64. The van der Waals surface area contributed by atoms with Gasteiger partial charge in [-0.05, 0) is 33.6 Å². The van der Waals surface area contributed by atoms with Crippen LogP contribution in [-0.4, -0.2) is 47.3 Å². The van der Waals surface area contributed by atoms with Crippen molar-refractivity contribution in [2.24, 2.45) is 5.41 Å². The Kier molecular flexibility index (Phi) is 5.97. The van der Waals surface area contributed by atoms with E-state index in [0.717, 1.165) is 6.42 Å². The van der Waals surface area contributed by atoms with E-state index in [0.29, 0.717) is 13.0 Å². The van der Waals surface area contributed by atoms with Crippen LogP contribution >= 0.6 is 0 Å². The molecule has 1 rings (SSSR count). The minimum Gasteiger partial charge on any atom is -0.352 e. The molecular formula is C16H29N3O3. The van der Waals surface area contributed by atoms with Gasteiger partial charge < -0.3 is 15.5 Å². The van der Waals surface area contributed by atoms with Crippen LogP contribution < -0.4 is 10.6 Å². The van der Waals surface area contributed by atoms with Gasteiger partial charge in [-0.1, -0.05) is 20.8 Å². The Morgan fingerprint density at radius 2 is 1.68 bits per heavy atom. The zero-order valence-electron chi connectivity index (χ0n) is 14.5. The monoisotopic (exact) mass is 311 g/mol. The predicted molar refractivity (Wildman–Crippen MR) is 85.1 cm³/mol. The molecular weight excluding hydrogens is 282 g/mol. The summed E-state index contributed by atoms with van der Waals surface area (Å²) >= 11 is 0. The van der Waals surface area contributed by atoms with Crippen molar-refractivity contribution >= 4 is 17.7 Å². The molecule has 0 unspecified atom stereocenters. The van der Waals surface area contributed by atoms with Gasteiger partial charge in [0.1, 0.15) is 12.1 Å². The van der Waals surface area contributed by atoms with Gasteiger partial charge in [-0.2, -0.15) is 0 Å². The maximum absolute atomic E-state index is 12.4. The topological polar surface area (TPSA) is 78.5 Å². The second-order valence-corrected chi connectivity index (χ2v) is 7.30. The molecule has 22 heavy (non-hydrogen) atoms. The highest BCUT2D eigenvalue weighted by atomic mass is 16.2. The third-order valence-electron chi connectivity index (χ3n) is 3.64. The van der Waals surface area contributed by atoms with Crippen molar-refractivity contribution in [3.8, 4) is 0 Å². The molecule has 2 atom stereocenters. The lowest BCUT2D eigenvalue weighted by molar-refractivity contribution is -0.145. The molecule has 1 aliphatic heterocycles. The summed E-state index contributed by atoms with van der Waals surface area (Å²) in [6, 6.07) is -1.06. The van der Waals surface area contributed by atoms with Crippen molar-refractivity contribution in [3.63, 3.8) is 0 Å². The van der Waals surface area contributed by atoms with E-state index in [2.05, 4.69) is 10.6 Å². The van der Waals surface area contributed by atoms with E-state index in [9.17, 15) is 14.4 Å². The molecule has 0 spiro atoms. The number of hydrogen-bond acceptors (Lipinski definition) is 3. The molecule has 0 aromatic heterocycles. The molecule has 1 fully saturated rings. The normalized spacial score (nSPS) is 20.0. The van der Waals surface area contributed by atoms with Crippen LogP contribution in [0.15, 0.2) is 0 Å². The Balaban J connectivity index is 2.68. The van der Waals surface area contributed by atoms with E-state index in [1.807, 2.05) is 34.6 Å². The van der Waals surface area contributed by atoms with Crippen molar-refractivity contribution in [1.82, 2.24) is 15.5 Å². The van der Waals surface area contributed by atoms with Crippen molar-refractivity contribution in [2.75, 3.05) is 6.54 Å². The van der Waals surface area contributed by atoms with E-state index in [1.165, 1.54) is 0 Å². The van der Waals surface area contributed by atoms with E-state index in [4.69, 9.17) is 0 Å². The summed E-state index contributed by atoms with van der Waals surface area (Å²) in [7, 11) is 0. The first-order valence-corrected chi connectivity index (χ1v) is 7.96. The van der Waals surface area contributed by atoms with Gasteiger partial charge in [0.05, 0.1) is 0 Å². The summed E-state index contributed by atoms with van der Waals surface area (Å²) < 4.78 is 0. The van der Waals surface area contributed by atoms with Gasteiger partial charge in [0.2, 0.25) is 17.7 Å². The second-order valence-electron chi connectivity index (χ2n) is 7.30. The van der Waals surface area contributed by atoms with E-state index in [-0.39, 0.29) is 23.8 Å². The fourth-order valence-corrected chi connectivity index (χ4v) is 2.50. The minimum absolute atomic E-state index is 0.0237. The van der Waals surface area contributed by atoms with E-state index < -0.39 is 17.5 Å². The highest BCUT2D eigenvalue weighted by Gasteiger charge is 2.39. The number of amides is 3. The molecule has 126 valence electrons. The van der Waals surface area contributed by atoms with Gasteiger partial charge in [-0.3, -0.25) is 14.4 Å². The van der Waals surface area contributed by atoms with Gasteiger partial charge in [-0.25, -0.2) is 0 Å². The Labute approximate surface area is 133 Å². The first-order valence-electron chi connectivity index (χ1n) is 7.96. The summed E-state index contributed by atoms with van der Waals surface area (Å²) in [5.41, 5.74) is -0.510. The van der Waals surface area contributed by atoms with Gasteiger partial charge in [0.25, 0.3) is 0 Å². The van der Waals surface area contributed by atoms with Crippen LogP contribution in [0.25, 0.3) is 0 Å². The van der Waals surface area contributed by atoms with Crippen molar-refractivity contribution < 1.29 is 14.4 Å². The molecule has 0 aromatic rings. The average molecular weight is 311 g/mol. The van der Waals surface area contributed by atoms with E-state index >= 15 is 0 Å². The number of nitrogens with one attached hydrogen (secondary N) is 2. The quantitative estimate of drug-likeness (QED) is 0.814. The molecule has 0 aliphatic carbocycles. The van der Waals surface area contributed by atoms with Gasteiger partial charge in [0.15, 0.2) is 0 Å². The number of nitrogens with zero attached hydrogens (tertiary/aromatic N) is 1. The van der Waals surface area contributed by atoms with Crippen LogP contribution in [0.5, 0.6) is 0 Å². The summed E-state index contributed by atoms with van der Waals surface area (Å²) in [5.74, 6) is -0.485. The first-order chi connectivity index (χ1) is 10.0. The van der Waals surface area contributed by atoms with Crippen molar-refractivity contribution in [1.29, 1.82) is 0 Å². The minimum atomic E-state index is -0.609. The van der Waals surface area contributed by atoms with Crippen LogP contribution in [0.4, 0.5) is 0 Å². The molecule has 3 amide bonds. The lowest BCUT2D eigenvalue weighted by Gasteiger charge is -2.30. The zero-order valence-corrected chi connectivity index (χ0v) is 14.5. The second kappa shape index (κ2) is 7.11. The highest BCUT2D eigenvalue weighted by molar-refractivity contribution is 5.93. The fourth-order valence-electron chi connectivity index (χ4n) is 2.50. The maximum Gasteiger partial charge on any atom is 0.243 e. The van der Waals surface area contributed by atoms with Crippen LogP contribution in [0.3, 0.4) is 0 Å². The van der Waals surface area contributed by atoms with Crippen molar-refractivity contribution in [3.05, 3.63) is 0 Å². The maximum atomic E-state index is 12.4. The van der Waals surface area contributed by atoms with Crippen LogP contribution in [0.2, 0.25) is 0 Å². The van der Waals surface area contributed by atoms with E-state index in [1.54, 1.807) is 11.8 Å². The molecule has 6 nitrogen and oxygen atoms in total. The molecule has 0 saturated carbocycles. The number of carbonyl (C=O) groups excluding carboxylic acids is 3. The predicted octanol–water partition coefficient (Wildman–Crippen LogP) is 1.05. The molecule has 0 aromatic carbocycles.